The summed E-state index contributed by atoms with van der Waals surface area (Å²) in [6.07, 6.45) is 4.91. The van der Waals surface area contributed by atoms with E-state index in [0.29, 0.717) is 6.61 Å². The molecule has 0 aliphatic heterocycles. The molecule has 0 amide bonds. The van der Waals surface area contributed by atoms with Crippen LogP contribution in [0.25, 0.3) is 0 Å². The lowest BCUT2D eigenvalue weighted by atomic mass is 9.88. The van der Waals surface area contributed by atoms with Crippen LogP contribution in [0, 0.1) is 0 Å². The molecule has 0 saturated carbocycles. The van der Waals surface area contributed by atoms with Crippen molar-refractivity contribution < 1.29 is 4.74 Å². The van der Waals surface area contributed by atoms with Gasteiger partial charge in [-0.25, -0.2) is 9.67 Å². The molecule has 2 aromatic rings. The Bertz CT molecular complexity index is 593. The Labute approximate surface area is 118 Å². The van der Waals surface area contributed by atoms with Crippen molar-refractivity contribution in [2.75, 3.05) is 0 Å². The lowest BCUT2D eigenvalue weighted by molar-refractivity contribution is 0.286. The Hall–Kier alpha value is -1.88. The van der Waals surface area contributed by atoms with E-state index in [-0.39, 0.29) is 6.04 Å². The largest absolute Gasteiger partial charge is 0.486 e. The zero-order valence-electron chi connectivity index (χ0n) is 11.7. The molecule has 0 bridgehead atoms. The van der Waals surface area contributed by atoms with Crippen LogP contribution in [0.1, 0.15) is 42.8 Å². The van der Waals surface area contributed by atoms with E-state index in [1.165, 1.54) is 17.5 Å². The van der Waals surface area contributed by atoms with E-state index >= 15 is 0 Å². The smallest absolute Gasteiger partial charge is 0.164 e. The van der Waals surface area contributed by atoms with E-state index in [4.69, 9.17) is 10.5 Å². The summed E-state index contributed by atoms with van der Waals surface area (Å²) < 4.78 is 7.67. The summed E-state index contributed by atoms with van der Waals surface area (Å²) in [5.41, 5.74) is 8.75. The van der Waals surface area contributed by atoms with Gasteiger partial charge in [0, 0.05) is 12.6 Å². The molecule has 0 unspecified atom stereocenters. The van der Waals surface area contributed by atoms with Gasteiger partial charge in [0.15, 0.2) is 5.82 Å². The third-order valence-corrected chi connectivity index (χ3v) is 3.84. The van der Waals surface area contributed by atoms with E-state index in [9.17, 15) is 0 Å². The fraction of sp³-hybridized carbons (Fsp3) is 0.467. The molecule has 1 heterocycles. The lowest BCUT2D eigenvalue weighted by Crippen LogP contribution is -2.17. The Kier molecular flexibility index (Phi) is 3.69. The van der Waals surface area contributed by atoms with Crippen LogP contribution in [0.15, 0.2) is 24.5 Å². The van der Waals surface area contributed by atoms with E-state index in [0.717, 1.165) is 31.0 Å². The second kappa shape index (κ2) is 5.63. The average molecular weight is 272 g/mol. The van der Waals surface area contributed by atoms with Crippen LogP contribution in [0.2, 0.25) is 0 Å². The normalized spacial score (nSPS) is 17.8. The molecule has 3 rings (SSSR count). The molecular weight excluding hydrogens is 252 g/mol. The van der Waals surface area contributed by atoms with Crippen LogP contribution in [0.4, 0.5) is 0 Å². The lowest BCUT2D eigenvalue weighted by Gasteiger charge is -2.22. The first kappa shape index (κ1) is 13.1. The zero-order valence-corrected chi connectivity index (χ0v) is 11.7. The van der Waals surface area contributed by atoms with E-state index in [1.807, 2.05) is 17.7 Å². The molecule has 1 aromatic carbocycles. The third kappa shape index (κ3) is 2.54. The van der Waals surface area contributed by atoms with Crippen LogP contribution in [0.3, 0.4) is 0 Å². The molecule has 1 aliphatic rings. The Morgan fingerprint density at radius 1 is 1.45 bits per heavy atom. The Balaban J connectivity index is 1.73. The molecule has 106 valence electrons. The van der Waals surface area contributed by atoms with Gasteiger partial charge >= 0.3 is 0 Å². The fourth-order valence-corrected chi connectivity index (χ4v) is 2.72. The molecule has 2 N–H and O–H groups in total. The maximum Gasteiger partial charge on any atom is 0.164 e. The molecule has 0 fully saturated rings. The van der Waals surface area contributed by atoms with Gasteiger partial charge in [-0.3, -0.25) is 0 Å². The van der Waals surface area contributed by atoms with Gasteiger partial charge in [-0.2, -0.15) is 5.10 Å². The van der Waals surface area contributed by atoms with Crippen molar-refractivity contribution >= 4 is 0 Å². The molecule has 0 spiro atoms. The first-order valence-corrected chi connectivity index (χ1v) is 7.16. The first-order valence-electron chi connectivity index (χ1n) is 7.16. The highest BCUT2D eigenvalue weighted by Crippen LogP contribution is 2.31. The molecule has 5 nitrogen and oxygen atoms in total. The standard InChI is InChI=1S/C15H20N4O/c1-2-19-15(17-10-18-19)9-20-12-7-6-11-4-3-5-14(16)13(11)8-12/h6-8,10,14H,2-5,9,16H2,1H3/t14-/m1/s1. The molecule has 1 atom stereocenters. The number of ether oxygens (including phenoxy) is 1. The fourth-order valence-electron chi connectivity index (χ4n) is 2.72. The molecule has 0 radical (unpaired) electrons. The van der Waals surface area contributed by atoms with Crippen molar-refractivity contribution in [3.8, 4) is 5.75 Å². The highest BCUT2D eigenvalue weighted by atomic mass is 16.5. The number of rotatable bonds is 4. The molecule has 0 saturated heterocycles. The number of hydrogen-bond acceptors (Lipinski definition) is 4. The molecule has 20 heavy (non-hydrogen) atoms. The molecule has 1 aromatic heterocycles. The van der Waals surface area contributed by atoms with Crippen molar-refractivity contribution in [2.24, 2.45) is 5.73 Å². The number of nitrogens with two attached hydrogens (primary N) is 1. The summed E-state index contributed by atoms with van der Waals surface area (Å²) in [5.74, 6) is 1.70. The van der Waals surface area contributed by atoms with E-state index in [1.54, 1.807) is 6.33 Å². The Morgan fingerprint density at radius 3 is 3.20 bits per heavy atom. The van der Waals surface area contributed by atoms with Gasteiger partial charge in [0.1, 0.15) is 18.7 Å². The number of aryl methyl sites for hydroxylation is 2. The maximum absolute atomic E-state index is 6.17. The topological polar surface area (TPSA) is 66.0 Å². The zero-order chi connectivity index (χ0) is 13.9. The van der Waals surface area contributed by atoms with Gasteiger partial charge in [0.25, 0.3) is 0 Å². The van der Waals surface area contributed by atoms with Crippen LogP contribution in [0.5, 0.6) is 5.75 Å². The maximum atomic E-state index is 6.17. The second-order valence-electron chi connectivity index (χ2n) is 5.14. The number of hydrogen-bond donors (Lipinski definition) is 1. The van der Waals surface area contributed by atoms with Crippen LogP contribution in [-0.2, 0) is 19.6 Å². The van der Waals surface area contributed by atoms with Crippen molar-refractivity contribution in [3.05, 3.63) is 41.5 Å². The highest BCUT2D eigenvalue weighted by Gasteiger charge is 2.17. The summed E-state index contributed by atoms with van der Waals surface area (Å²) in [6, 6.07) is 6.37. The predicted octanol–water partition coefficient (Wildman–Crippen LogP) is 2.21. The van der Waals surface area contributed by atoms with Crippen LogP contribution >= 0.6 is 0 Å². The van der Waals surface area contributed by atoms with E-state index in [2.05, 4.69) is 22.2 Å². The summed E-state index contributed by atoms with van der Waals surface area (Å²) in [6.45, 7) is 3.27. The van der Waals surface area contributed by atoms with Gasteiger partial charge in [0.2, 0.25) is 0 Å². The van der Waals surface area contributed by atoms with Gasteiger partial charge < -0.3 is 10.5 Å². The summed E-state index contributed by atoms with van der Waals surface area (Å²) in [7, 11) is 0. The monoisotopic (exact) mass is 272 g/mol. The Morgan fingerprint density at radius 2 is 2.35 bits per heavy atom. The quantitative estimate of drug-likeness (QED) is 0.926. The summed E-state index contributed by atoms with van der Waals surface area (Å²) in [5, 5.41) is 4.13. The van der Waals surface area contributed by atoms with E-state index < -0.39 is 0 Å². The summed E-state index contributed by atoms with van der Waals surface area (Å²) in [4.78, 5) is 4.21. The minimum absolute atomic E-state index is 0.140. The molecular formula is C15H20N4O. The number of benzene rings is 1. The number of aromatic nitrogens is 3. The second-order valence-corrected chi connectivity index (χ2v) is 5.14. The number of nitrogens with zero attached hydrogens (tertiary/aromatic N) is 3. The van der Waals surface area contributed by atoms with Gasteiger partial charge in [-0.15, -0.1) is 0 Å². The van der Waals surface area contributed by atoms with Crippen LogP contribution < -0.4 is 10.5 Å². The summed E-state index contributed by atoms with van der Waals surface area (Å²) >= 11 is 0. The van der Waals surface area contributed by atoms with Gasteiger partial charge in [-0.1, -0.05) is 6.07 Å². The van der Waals surface area contributed by atoms with Crippen molar-refractivity contribution in [2.45, 2.75) is 45.4 Å². The van der Waals surface area contributed by atoms with Gasteiger partial charge in [0.05, 0.1) is 0 Å². The van der Waals surface area contributed by atoms with Crippen molar-refractivity contribution in [1.29, 1.82) is 0 Å². The number of fused-ring (bicyclic) bond motifs is 1. The van der Waals surface area contributed by atoms with Crippen molar-refractivity contribution in [1.82, 2.24) is 14.8 Å². The minimum atomic E-state index is 0.140. The predicted molar refractivity (Wildman–Crippen MR) is 76.3 cm³/mol. The van der Waals surface area contributed by atoms with Crippen molar-refractivity contribution in [3.63, 3.8) is 0 Å². The first-order chi connectivity index (χ1) is 9.78. The molecule has 5 heteroatoms. The van der Waals surface area contributed by atoms with Gasteiger partial charge in [-0.05, 0) is 49.4 Å². The third-order valence-electron chi connectivity index (χ3n) is 3.84. The highest BCUT2D eigenvalue weighted by molar-refractivity contribution is 5.39. The average Bonchev–Trinajstić information content (AvgIpc) is 2.93. The molecule has 1 aliphatic carbocycles. The van der Waals surface area contributed by atoms with Crippen LogP contribution in [-0.4, -0.2) is 14.8 Å². The minimum Gasteiger partial charge on any atom is -0.486 e. The SMILES string of the molecule is CCn1ncnc1COc1ccc2c(c1)[C@H](N)CCC2.